The van der Waals surface area contributed by atoms with E-state index in [0.717, 1.165) is 11.6 Å². The number of benzene rings is 1. The van der Waals surface area contributed by atoms with Crippen molar-refractivity contribution in [2.45, 2.75) is 52.4 Å². The third-order valence-corrected chi connectivity index (χ3v) is 3.33. The van der Waals surface area contributed by atoms with E-state index in [4.69, 9.17) is 4.89 Å². The minimum absolute atomic E-state index is 0.421. The zero-order chi connectivity index (χ0) is 19.0. The van der Waals surface area contributed by atoms with Crippen molar-refractivity contribution in [3.05, 3.63) is 48.0 Å². The maximum Gasteiger partial charge on any atom is 0.545 e. The molecule has 7 heteroatoms. The van der Waals surface area contributed by atoms with Gasteiger partial charge in [0.15, 0.2) is 0 Å². The topological polar surface area (TPSA) is 80.3 Å². The highest BCUT2D eigenvalue weighted by atomic mass is 17.5. The normalized spacial score (nSPS) is 12.4. The van der Waals surface area contributed by atoms with Gasteiger partial charge >= 0.3 is 12.1 Å². The maximum atomic E-state index is 11.4. The van der Waals surface area contributed by atoms with E-state index in [2.05, 4.69) is 39.8 Å². The van der Waals surface area contributed by atoms with Crippen molar-refractivity contribution in [1.82, 2.24) is 0 Å². The molecule has 1 rings (SSSR count). The van der Waals surface area contributed by atoms with Gasteiger partial charge in [0.1, 0.15) is 5.60 Å². The molecule has 1 aromatic rings. The van der Waals surface area contributed by atoms with Crippen molar-refractivity contribution >= 4 is 12.1 Å². The quantitative estimate of drug-likeness (QED) is 0.229. The molecule has 0 N–H and O–H groups in total. The van der Waals surface area contributed by atoms with Crippen LogP contribution in [0.2, 0.25) is 0 Å². The first-order valence-corrected chi connectivity index (χ1v) is 7.82. The Morgan fingerprint density at radius 3 is 2.20 bits per heavy atom. The Morgan fingerprint density at radius 2 is 1.68 bits per heavy atom. The minimum Gasteiger partial charge on any atom is -0.422 e. The monoisotopic (exact) mass is 352 g/mol. The van der Waals surface area contributed by atoms with E-state index in [-0.39, 0.29) is 0 Å². The zero-order valence-corrected chi connectivity index (χ0v) is 15.1. The van der Waals surface area contributed by atoms with Crippen LogP contribution < -0.4 is 0 Å². The van der Waals surface area contributed by atoms with Gasteiger partial charge in [0.05, 0.1) is 0 Å². The molecule has 0 aliphatic rings. The second-order valence-corrected chi connectivity index (χ2v) is 6.10. The largest absolute Gasteiger partial charge is 0.545 e. The summed E-state index contributed by atoms with van der Waals surface area (Å²) in [5.74, 6) is -0.312. The van der Waals surface area contributed by atoms with Gasteiger partial charge in [0.2, 0.25) is 6.29 Å². The Balaban J connectivity index is 2.46. The van der Waals surface area contributed by atoms with Gasteiger partial charge in [-0.15, -0.1) is 0 Å². The van der Waals surface area contributed by atoms with E-state index >= 15 is 0 Å². The summed E-state index contributed by atoms with van der Waals surface area (Å²) in [4.78, 5) is 31.8. The lowest BCUT2D eigenvalue weighted by atomic mass is 9.94. The van der Waals surface area contributed by atoms with E-state index in [1.165, 1.54) is 12.5 Å². The van der Waals surface area contributed by atoms with Crippen LogP contribution in [-0.4, -0.2) is 18.4 Å². The number of carbonyl (C=O) groups is 2. The highest BCUT2D eigenvalue weighted by molar-refractivity contribution is 5.81. The summed E-state index contributed by atoms with van der Waals surface area (Å²) in [5.41, 5.74) is 1.17. The van der Waals surface area contributed by atoms with Crippen LogP contribution in [0.1, 0.15) is 51.7 Å². The standard InChI is InChI=1S/C18H24O7/c1-7-16(19)21-13(4)22-17(20)23-25-24-18(5,6)15-10-8-14(9-11-15)12(2)3/h7-13H,1H2,2-6H3. The molecule has 1 aromatic carbocycles. The van der Waals surface area contributed by atoms with E-state index in [1.807, 2.05) is 24.3 Å². The predicted molar refractivity (Wildman–Crippen MR) is 89.0 cm³/mol. The molecule has 0 aliphatic carbocycles. The number of hydrogen-bond donors (Lipinski definition) is 0. The molecule has 0 radical (unpaired) electrons. The van der Waals surface area contributed by atoms with E-state index in [1.54, 1.807) is 13.8 Å². The SMILES string of the molecule is C=CC(=O)OC(C)OC(=O)OOOC(C)(C)c1ccc(C(C)C)cc1. The number of carbonyl (C=O) groups excluding carboxylic acids is 2. The van der Waals surface area contributed by atoms with Gasteiger partial charge in [0.25, 0.3) is 0 Å². The molecule has 0 spiro atoms. The molecule has 1 atom stereocenters. The first kappa shape index (κ1) is 20.7. The Hall–Kier alpha value is -2.38. The molecular formula is C18H24O7. The molecule has 0 aromatic heterocycles. The van der Waals surface area contributed by atoms with Crippen LogP contribution in [0.5, 0.6) is 0 Å². The lowest BCUT2D eigenvalue weighted by Gasteiger charge is -2.23. The van der Waals surface area contributed by atoms with Crippen LogP contribution in [0.25, 0.3) is 0 Å². The van der Waals surface area contributed by atoms with Crippen molar-refractivity contribution in [2.24, 2.45) is 0 Å². The summed E-state index contributed by atoms with van der Waals surface area (Å²) in [6, 6.07) is 7.81. The van der Waals surface area contributed by atoms with Gasteiger partial charge in [-0.2, -0.15) is 4.89 Å². The summed E-state index contributed by atoms with van der Waals surface area (Å²) < 4.78 is 9.27. The van der Waals surface area contributed by atoms with Crippen molar-refractivity contribution < 1.29 is 33.9 Å². The molecule has 0 heterocycles. The summed E-state index contributed by atoms with van der Waals surface area (Å²) >= 11 is 0. The van der Waals surface area contributed by atoms with Gasteiger partial charge in [-0.1, -0.05) is 44.7 Å². The Bertz CT molecular complexity index is 590. The fourth-order valence-electron chi connectivity index (χ4n) is 1.84. The van der Waals surface area contributed by atoms with Crippen LogP contribution in [0.3, 0.4) is 0 Å². The highest BCUT2D eigenvalue weighted by Gasteiger charge is 2.25. The van der Waals surface area contributed by atoms with Crippen LogP contribution >= 0.6 is 0 Å². The minimum atomic E-state index is -1.21. The van der Waals surface area contributed by atoms with E-state index in [0.29, 0.717) is 5.92 Å². The van der Waals surface area contributed by atoms with Crippen molar-refractivity contribution in [3.8, 4) is 0 Å². The Labute approximate surface area is 147 Å². The van der Waals surface area contributed by atoms with Crippen molar-refractivity contribution in [3.63, 3.8) is 0 Å². The number of ether oxygens (including phenoxy) is 2. The second-order valence-electron chi connectivity index (χ2n) is 6.10. The lowest BCUT2D eigenvalue weighted by molar-refractivity contribution is -0.521. The number of hydrogen-bond acceptors (Lipinski definition) is 7. The zero-order valence-electron chi connectivity index (χ0n) is 15.1. The van der Waals surface area contributed by atoms with Crippen LogP contribution in [0, 0.1) is 0 Å². The molecule has 0 saturated heterocycles. The summed E-state index contributed by atoms with van der Waals surface area (Å²) in [6.45, 7) is 12.3. The summed E-state index contributed by atoms with van der Waals surface area (Å²) in [6.07, 6.45) is -1.42. The van der Waals surface area contributed by atoms with Gasteiger partial charge < -0.3 is 9.47 Å². The van der Waals surface area contributed by atoms with Crippen molar-refractivity contribution in [2.75, 3.05) is 0 Å². The molecule has 0 fully saturated rings. The summed E-state index contributed by atoms with van der Waals surface area (Å²) in [5, 5.41) is 4.49. The van der Waals surface area contributed by atoms with Gasteiger partial charge in [0, 0.05) is 13.0 Å². The molecule has 0 aliphatic heterocycles. The molecule has 0 amide bonds. The van der Waals surface area contributed by atoms with Crippen LogP contribution in [-0.2, 0) is 34.7 Å². The second kappa shape index (κ2) is 9.19. The number of rotatable bonds is 8. The average Bonchev–Trinajstić information content (AvgIpc) is 2.54. The number of esters is 1. The first-order valence-electron chi connectivity index (χ1n) is 7.82. The fraction of sp³-hybridized carbons (Fsp3) is 0.444. The van der Waals surface area contributed by atoms with Crippen molar-refractivity contribution in [1.29, 1.82) is 0 Å². The molecule has 0 saturated carbocycles. The third-order valence-electron chi connectivity index (χ3n) is 3.33. The molecule has 25 heavy (non-hydrogen) atoms. The third kappa shape index (κ3) is 6.94. The first-order chi connectivity index (χ1) is 11.7. The lowest BCUT2D eigenvalue weighted by Crippen LogP contribution is -2.25. The summed E-state index contributed by atoms with van der Waals surface area (Å²) in [7, 11) is 0. The molecule has 138 valence electrons. The fourth-order valence-corrected chi connectivity index (χ4v) is 1.84. The smallest absolute Gasteiger partial charge is 0.422 e. The Kier molecular flexibility index (Phi) is 7.60. The molecule has 0 bridgehead atoms. The Morgan fingerprint density at radius 1 is 1.08 bits per heavy atom. The van der Waals surface area contributed by atoms with E-state index in [9.17, 15) is 9.59 Å². The predicted octanol–water partition coefficient (Wildman–Crippen LogP) is 4.14. The van der Waals surface area contributed by atoms with Gasteiger partial charge in [-0.25, -0.2) is 14.5 Å². The van der Waals surface area contributed by atoms with Crippen LogP contribution in [0.15, 0.2) is 36.9 Å². The van der Waals surface area contributed by atoms with Gasteiger partial charge in [-0.05, 0) is 35.9 Å². The van der Waals surface area contributed by atoms with E-state index < -0.39 is 24.0 Å². The molecular weight excluding hydrogens is 328 g/mol. The highest BCUT2D eigenvalue weighted by Crippen LogP contribution is 2.26. The van der Waals surface area contributed by atoms with Gasteiger partial charge in [-0.3, -0.25) is 0 Å². The molecule has 1 unspecified atom stereocenters. The molecule has 7 nitrogen and oxygen atoms in total. The van der Waals surface area contributed by atoms with Crippen LogP contribution in [0.4, 0.5) is 4.79 Å². The maximum absolute atomic E-state index is 11.4. The average molecular weight is 352 g/mol.